The molecule has 1 atom stereocenters. The van der Waals surface area contributed by atoms with Crippen molar-refractivity contribution in [1.29, 1.82) is 0 Å². The molecule has 0 aromatic heterocycles. The first kappa shape index (κ1) is 23.7. The summed E-state index contributed by atoms with van der Waals surface area (Å²) in [6, 6.07) is 13.4. The van der Waals surface area contributed by atoms with Crippen LogP contribution in [0, 0.1) is 5.92 Å². The topological polar surface area (TPSA) is 91.7 Å². The molecule has 0 aliphatic rings. The molecule has 1 unspecified atom stereocenters. The summed E-state index contributed by atoms with van der Waals surface area (Å²) in [7, 11) is 0. The third-order valence-corrected chi connectivity index (χ3v) is 4.40. The van der Waals surface area contributed by atoms with Crippen molar-refractivity contribution < 1.29 is 24.6 Å². The highest BCUT2D eigenvalue weighted by Crippen LogP contribution is 2.25. The Morgan fingerprint density at radius 2 is 1.29 bits per heavy atom. The van der Waals surface area contributed by atoms with Crippen LogP contribution in [0.1, 0.15) is 48.5 Å². The van der Waals surface area contributed by atoms with E-state index in [2.05, 4.69) is 0 Å². The van der Waals surface area contributed by atoms with Gasteiger partial charge in [0.1, 0.15) is 0 Å². The Morgan fingerprint density at radius 1 is 0.821 bits per heavy atom. The summed E-state index contributed by atoms with van der Waals surface area (Å²) in [5, 5.41) is 18.6. The first-order chi connectivity index (χ1) is 13.1. The molecule has 0 bridgehead atoms. The van der Waals surface area contributed by atoms with E-state index >= 15 is 0 Å². The number of carboxylic acids is 2. The Hall–Kier alpha value is -2.37. The molecule has 150 valence electrons. The minimum atomic E-state index is -0.965. The van der Waals surface area contributed by atoms with Crippen molar-refractivity contribution in [2.24, 2.45) is 5.92 Å². The Morgan fingerprint density at radius 3 is 1.68 bits per heavy atom. The van der Waals surface area contributed by atoms with Crippen LogP contribution in [0.4, 0.5) is 0 Å². The number of halogens is 2. The number of carbonyl (C=O) groups excluding carboxylic acids is 1. The Bertz CT molecular complexity index is 799. The quantitative estimate of drug-likeness (QED) is 0.568. The van der Waals surface area contributed by atoms with Crippen molar-refractivity contribution in [2.45, 2.75) is 32.6 Å². The van der Waals surface area contributed by atoms with Gasteiger partial charge in [-0.05, 0) is 47.9 Å². The summed E-state index contributed by atoms with van der Waals surface area (Å²) in [5.74, 6) is -2.31. The van der Waals surface area contributed by atoms with Gasteiger partial charge in [0, 0.05) is 22.0 Å². The lowest BCUT2D eigenvalue weighted by Crippen LogP contribution is -2.17. The summed E-state index contributed by atoms with van der Waals surface area (Å²) < 4.78 is 0. The Balaban J connectivity index is 0.000000280. The van der Waals surface area contributed by atoms with Gasteiger partial charge in [-0.15, -0.1) is 0 Å². The zero-order valence-corrected chi connectivity index (χ0v) is 17.1. The van der Waals surface area contributed by atoms with Crippen LogP contribution in [0.3, 0.4) is 0 Å². The molecule has 5 nitrogen and oxygen atoms in total. The maximum atomic E-state index is 11.4. The van der Waals surface area contributed by atoms with Gasteiger partial charge in [-0.25, -0.2) is 0 Å². The number of aliphatic carboxylic acids is 2. The molecule has 0 amide bonds. The van der Waals surface area contributed by atoms with Gasteiger partial charge in [0.05, 0.1) is 12.3 Å². The SMILES string of the molecule is CC(C)C(C(=O)O)c1ccc(Cl)cc1.O=C(O)CCC(=O)c1ccc(Cl)cc1. The van der Waals surface area contributed by atoms with Gasteiger partial charge in [-0.3, -0.25) is 14.4 Å². The minimum Gasteiger partial charge on any atom is -0.481 e. The van der Waals surface area contributed by atoms with Crippen LogP contribution in [0.5, 0.6) is 0 Å². The van der Waals surface area contributed by atoms with Crippen molar-refractivity contribution >= 4 is 40.9 Å². The zero-order chi connectivity index (χ0) is 21.3. The average Bonchev–Trinajstić information content (AvgIpc) is 2.62. The molecule has 0 saturated carbocycles. The summed E-state index contributed by atoms with van der Waals surface area (Å²) in [4.78, 5) is 32.6. The van der Waals surface area contributed by atoms with Crippen LogP contribution >= 0.6 is 23.2 Å². The molecule has 2 aromatic carbocycles. The van der Waals surface area contributed by atoms with Crippen molar-refractivity contribution in [3.05, 3.63) is 69.7 Å². The number of rotatable bonds is 7. The monoisotopic (exact) mass is 424 g/mol. The Labute approximate surface area is 173 Å². The van der Waals surface area contributed by atoms with Gasteiger partial charge < -0.3 is 10.2 Å². The van der Waals surface area contributed by atoms with E-state index in [0.717, 1.165) is 5.56 Å². The number of carbonyl (C=O) groups is 3. The summed E-state index contributed by atoms with van der Waals surface area (Å²) in [6.45, 7) is 3.79. The van der Waals surface area contributed by atoms with E-state index in [4.69, 9.17) is 33.4 Å². The van der Waals surface area contributed by atoms with E-state index in [1.54, 1.807) is 48.5 Å². The maximum Gasteiger partial charge on any atom is 0.311 e. The lowest BCUT2D eigenvalue weighted by Gasteiger charge is -2.16. The van der Waals surface area contributed by atoms with E-state index in [9.17, 15) is 14.4 Å². The normalized spacial score (nSPS) is 11.3. The molecule has 0 aliphatic carbocycles. The fourth-order valence-corrected chi connectivity index (χ4v) is 2.74. The summed E-state index contributed by atoms with van der Waals surface area (Å²) in [6.07, 6.45) is -0.113. The van der Waals surface area contributed by atoms with Crippen molar-refractivity contribution in [1.82, 2.24) is 0 Å². The molecule has 0 saturated heterocycles. The van der Waals surface area contributed by atoms with Crippen LogP contribution in [-0.2, 0) is 9.59 Å². The highest BCUT2D eigenvalue weighted by molar-refractivity contribution is 6.30. The van der Waals surface area contributed by atoms with E-state index < -0.39 is 17.9 Å². The molecular formula is C21H22Cl2O5. The molecule has 0 aliphatic heterocycles. The number of ketones is 1. The lowest BCUT2D eigenvalue weighted by atomic mass is 9.89. The van der Waals surface area contributed by atoms with Gasteiger partial charge in [0.2, 0.25) is 0 Å². The fourth-order valence-electron chi connectivity index (χ4n) is 2.48. The summed E-state index contributed by atoms with van der Waals surface area (Å²) >= 11 is 11.4. The van der Waals surface area contributed by atoms with Crippen LogP contribution in [0.15, 0.2) is 48.5 Å². The average molecular weight is 425 g/mol. The summed E-state index contributed by atoms with van der Waals surface area (Å²) in [5.41, 5.74) is 1.30. The molecule has 2 aromatic rings. The minimum absolute atomic E-state index is 0.0248. The van der Waals surface area contributed by atoms with Gasteiger partial charge in [0.15, 0.2) is 5.78 Å². The molecule has 0 heterocycles. The van der Waals surface area contributed by atoms with E-state index in [0.29, 0.717) is 15.6 Å². The van der Waals surface area contributed by atoms with Crippen LogP contribution in [-0.4, -0.2) is 27.9 Å². The molecule has 0 radical (unpaired) electrons. The second kappa shape index (κ2) is 11.5. The number of hydrogen-bond donors (Lipinski definition) is 2. The number of Topliss-reactive ketones (excluding diaryl/α,β-unsaturated/α-hetero) is 1. The first-order valence-electron chi connectivity index (χ1n) is 8.60. The second-order valence-electron chi connectivity index (χ2n) is 6.44. The first-order valence-corrected chi connectivity index (χ1v) is 9.36. The van der Waals surface area contributed by atoms with Crippen molar-refractivity contribution in [2.75, 3.05) is 0 Å². The predicted octanol–water partition coefficient (Wildman–Crippen LogP) is 5.55. The predicted molar refractivity (Wildman–Crippen MR) is 109 cm³/mol. The number of hydrogen-bond acceptors (Lipinski definition) is 3. The lowest BCUT2D eigenvalue weighted by molar-refractivity contribution is -0.140. The van der Waals surface area contributed by atoms with Gasteiger partial charge in [-0.1, -0.05) is 49.2 Å². The molecule has 0 spiro atoms. The molecule has 2 rings (SSSR count). The van der Waals surface area contributed by atoms with Crippen LogP contribution in [0.2, 0.25) is 10.0 Å². The van der Waals surface area contributed by atoms with Crippen molar-refractivity contribution in [3.8, 4) is 0 Å². The molecule has 0 fully saturated rings. The molecule has 2 N–H and O–H groups in total. The van der Waals surface area contributed by atoms with Crippen molar-refractivity contribution in [3.63, 3.8) is 0 Å². The van der Waals surface area contributed by atoms with E-state index in [-0.39, 0.29) is 24.5 Å². The fraction of sp³-hybridized carbons (Fsp3) is 0.286. The second-order valence-corrected chi connectivity index (χ2v) is 7.31. The zero-order valence-electron chi connectivity index (χ0n) is 15.6. The number of benzene rings is 2. The maximum absolute atomic E-state index is 11.4. The third kappa shape index (κ3) is 8.11. The molecule has 28 heavy (non-hydrogen) atoms. The number of carboxylic acid groups (broad SMARTS) is 2. The van der Waals surface area contributed by atoms with Crippen LogP contribution < -0.4 is 0 Å². The Kier molecular flexibility index (Phi) is 9.69. The third-order valence-electron chi connectivity index (χ3n) is 3.89. The highest BCUT2D eigenvalue weighted by atomic mass is 35.5. The molecule has 7 heteroatoms. The standard InChI is InChI=1S/C11H13ClO2.C10H9ClO3/c1-7(2)10(11(13)14)8-3-5-9(12)6-4-8;11-8-3-1-7(2-4-8)9(12)5-6-10(13)14/h3-7,10H,1-2H3,(H,13,14);1-4H,5-6H2,(H,13,14). The largest absolute Gasteiger partial charge is 0.481 e. The van der Waals surface area contributed by atoms with Crippen LogP contribution in [0.25, 0.3) is 0 Å². The van der Waals surface area contributed by atoms with E-state index in [1.807, 2.05) is 13.8 Å². The van der Waals surface area contributed by atoms with Gasteiger partial charge in [0.25, 0.3) is 0 Å². The smallest absolute Gasteiger partial charge is 0.311 e. The van der Waals surface area contributed by atoms with Gasteiger partial charge in [-0.2, -0.15) is 0 Å². The molecular weight excluding hydrogens is 403 g/mol. The van der Waals surface area contributed by atoms with E-state index in [1.165, 1.54) is 0 Å². The van der Waals surface area contributed by atoms with Gasteiger partial charge >= 0.3 is 11.9 Å². The highest BCUT2D eigenvalue weighted by Gasteiger charge is 2.23.